The summed E-state index contributed by atoms with van der Waals surface area (Å²) in [6, 6.07) is 11.8. The van der Waals surface area contributed by atoms with E-state index in [-0.39, 0.29) is 12.3 Å². The van der Waals surface area contributed by atoms with Crippen LogP contribution < -0.4 is 4.74 Å². The summed E-state index contributed by atoms with van der Waals surface area (Å²) in [6.45, 7) is 0.304. The van der Waals surface area contributed by atoms with E-state index in [2.05, 4.69) is 15.9 Å². The van der Waals surface area contributed by atoms with E-state index in [1.54, 1.807) is 6.07 Å². The smallest absolute Gasteiger partial charge is 0.274 e. The van der Waals surface area contributed by atoms with Gasteiger partial charge in [-0.05, 0) is 17.2 Å². The lowest BCUT2D eigenvalue weighted by molar-refractivity contribution is -0.385. The number of ether oxygens (including phenoxy) is 1. The molecule has 0 fully saturated rings. The maximum atomic E-state index is 10.8. The van der Waals surface area contributed by atoms with Crippen LogP contribution in [0.2, 0.25) is 0 Å². The van der Waals surface area contributed by atoms with Gasteiger partial charge in [0, 0.05) is 10.5 Å². The molecular weight excluding hydrogens is 326 g/mol. The third-order valence-electron chi connectivity index (χ3n) is 2.68. The Morgan fingerprint density at radius 2 is 1.80 bits per heavy atom. The molecule has 0 aliphatic carbocycles. The van der Waals surface area contributed by atoms with Crippen molar-refractivity contribution in [3.05, 3.63) is 68.2 Å². The number of rotatable bonds is 5. The Balaban J connectivity index is 2.08. The van der Waals surface area contributed by atoms with Gasteiger partial charge in [0.15, 0.2) is 0 Å². The van der Waals surface area contributed by atoms with E-state index in [1.807, 2.05) is 24.3 Å². The summed E-state index contributed by atoms with van der Waals surface area (Å²) in [5.74, 6) is 0.428. The first-order valence-electron chi connectivity index (χ1n) is 5.85. The molecule has 2 aromatic rings. The van der Waals surface area contributed by atoms with Gasteiger partial charge in [0.2, 0.25) is 0 Å². The number of hydrogen-bond acceptors (Lipinski definition) is 4. The molecule has 0 heterocycles. The molecule has 2 aromatic carbocycles. The molecule has 0 aliphatic rings. The summed E-state index contributed by atoms with van der Waals surface area (Å²) in [4.78, 5) is 10.3. The number of nitrogens with zero attached hydrogens (tertiary/aromatic N) is 1. The van der Waals surface area contributed by atoms with Crippen LogP contribution in [0.1, 0.15) is 11.1 Å². The van der Waals surface area contributed by atoms with Crippen LogP contribution in [-0.4, -0.2) is 10.0 Å². The number of non-ortho nitro benzene ring substituents is 1. The fourth-order valence-corrected chi connectivity index (χ4v) is 2.10. The molecule has 0 atom stereocenters. The zero-order valence-electron chi connectivity index (χ0n) is 10.5. The second-order valence-electron chi connectivity index (χ2n) is 4.17. The van der Waals surface area contributed by atoms with Crippen molar-refractivity contribution in [3.63, 3.8) is 0 Å². The van der Waals surface area contributed by atoms with Gasteiger partial charge >= 0.3 is 0 Å². The van der Waals surface area contributed by atoms with E-state index in [9.17, 15) is 10.1 Å². The first-order valence-corrected chi connectivity index (χ1v) is 6.64. The highest BCUT2D eigenvalue weighted by Crippen LogP contribution is 2.26. The summed E-state index contributed by atoms with van der Waals surface area (Å²) in [6.07, 6.45) is 0. The zero-order chi connectivity index (χ0) is 14.5. The van der Waals surface area contributed by atoms with Gasteiger partial charge in [-0.1, -0.05) is 40.2 Å². The number of halogens is 1. The Kier molecular flexibility index (Phi) is 4.70. The predicted octanol–water partition coefficient (Wildman–Crippen LogP) is 3.43. The van der Waals surface area contributed by atoms with Crippen LogP contribution in [0.15, 0.2) is 46.9 Å². The molecule has 0 bridgehead atoms. The summed E-state index contributed by atoms with van der Waals surface area (Å²) < 4.78 is 6.14. The van der Waals surface area contributed by atoms with Crippen molar-refractivity contribution in [1.82, 2.24) is 0 Å². The van der Waals surface area contributed by atoms with Crippen LogP contribution >= 0.6 is 15.9 Å². The normalized spacial score (nSPS) is 10.3. The fraction of sp³-hybridized carbons (Fsp3) is 0.143. The molecule has 0 aliphatic heterocycles. The quantitative estimate of drug-likeness (QED) is 0.670. The second kappa shape index (κ2) is 6.49. The lowest BCUT2D eigenvalue weighted by atomic mass is 10.1. The van der Waals surface area contributed by atoms with Crippen molar-refractivity contribution in [3.8, 4) is 5.75 Å². The number of benzene rings is 2. The van der Waals surface area contributed by atoms with E-state index >= 15 is 0 Å². The Hall–Kier alpha value is -1.92. The van der Waals surface area contributed by atoms with E-state index in [0.717, 1.165) is 11.1 Å². The van der Waals surface area contributed by atoms with Crippen molar-refractivity contribution in [1.29, 1.82) is 0 Å². The summed E-state index contributed by atoms with van der Waals surface area (Å²) in [5, 5.41) is 19.7. The van der Waals surface area contributed by atoms with Crippen LogP contribution in [0.3, 0.4) is 0 Å². The van der Waals surface area contributed by atoms with Crippen LogP contribution in [0.25, 0.3) is 0 Å². The van der Waals surface area contributed by atoms with Gasteiger partial charge in [0.25, 0.3) is 5.69 Å². The SMILES string of the molecule is O=[N+]([O-])c1cc(Br)cc(OCc2ccc(CO)cc2)c1. The predicted molar refractivity (Wildman–Crippen MR) is 77.5 cm³/mol. The van der Waals surface area contributed by atoms with Crippen LogP contribution in [-0.2, 0) is 13.2 Å². The lowest BCUT2D eigenvalue weighted by Gasteiger charge is -2.07. The van der Waals surface area contributed by atoms with Gasteiger partial charge < -0.3 is 9.84 Å². The monoisotopic (exact) mass is 337 g/mol. The van der Waals surface area contributed by atoms with Gasteiger partial charge in [-0.15, -0.1) is 0 Å². The number of aliphatic hydroxyl groups excluding tert-OH is 1. The maximum Gasteiger partial charge on any atom is 0.274 e. The average Bonchev–Trinajstić information content (AvgIpc) is 2.45. The minimum atomic E-state index is -0.465. The molecule has 0 saturated carbocycles. The molecule has 0 amide bonds. The first-order chi connectivity index (χ1) is 9.58. The molecule has 1 N–H and O–H groups in total. The Morgan fingerprint density at radius 3 is 2.40 bits per heavy atom. The molecule has 104 valence electrons. The Morgan fingerprint density at radius 1 is 1.15 bits per heavy atom. The third-order valence-corrected chi connectivity index (χ3v) is 3.14. The minimum Gasteiger partial charge on any atom is -0.489 e. The average molecular weight is 338 g/mol. The highest BCUT2D eigenvalue weighted by Gasteiger charge is 2.09. The van der Waals surface area contributed by atoms with E-state index < -0.39 is 4.92 Å². The Bertz CT molecular complexity index is 613. The Labute approximate surface area is 124 Å². The van der Waals surface area contributed by atoms with Gasteiger partial charge in [0.1, 0.15) is 12.4 Å². The number of nitro groups is 1. The highest BCUT2D eigenvalue weighted by molar-refractivity contribution is 9.10. The summed E-state index contributed by atoms with van der Waals surface area (Å²) in [7, 11) is 0. The molecular formula is C14H12BrNO4. The van der Waals surface area contributed by atoms with Crippen molar-refractivity contribution < 1.29 is 14.8 Å². The van der Waals surface area contributed by atoms with Gasteiger partial charge in [0.05, 0.1) is 17.6 Å². The first kappa shape index (κ1) is 14.5. The van der Waals surface area contributed by atoms with Crippen molar-refractivity contribution in [2.45, 2.75) is 13.2 Å². The van der Waals surface area contributed by atoms with Gasteiger partial charge in [-0.25, -0.2) is 0 Å². The standard InChI is InChI=1S/C14H12BrNO4/c15-12-5-13(16(18)19)7-14(6-12)20-9-11-3-1-10(8-17)2-4-11/h1-7,17H,8-9H2. The van der Waals surface area contributed by atoms with E-state index in [4.69, 9.17) is 9.84 Å². The van der Waals surface area contributed by atoms with Crippen LogP contribution in [0.4, 0.5) is 5.69 Å². The fourth-order valence-electron chi connectivity index (χ4n) is 1.64. The molecule has 5 nitrogen and oxygen atoms in total. The molecule has 0 spiro atoms. The highest BCUT2D eigenvalue weighted by atomic mass is 79.9. The molecule has 20 heavy (non-hydrogen) atoms. The maximum absolute atomic E-state index is 10.8. The van der Waals surface area contributed by atoms with Crippen molar-refractivity contribution in [2.24, 2.45) is 0 Å². The van der Waals surface area contributed by atoms with Crippen molar-refractivity contribution >= 4 is 21.6 Å². The van der Waals surface area contributed by atoms with E-state index in [0.29, 0.717) is 16.8 Å². The number of aliphatic hydroxyl groups is 1. The molecule has 0 aromatic heterocycles. The van der Waals surface area contributed by atoms with Gasteiger partial charge in [-0.3, -0.25) is 10.1 Å². The molecule has 0 unspecified atom stereocenters. The van der Waals surface area contributed by atoms with Gasteiger partial charge in [-0.2, -0.15) is 0 Å². The van der Waals surface area contributed by atoms with E-state index in [1.165, 1.54) is 12.1 Å². The lowest BCUT2D eigenvalue weighted by Crippen LogP contribution is -1.97. The topological polar surface area (TPSA) is 72.6 Å². The second-order valence-corrected chi connectivity index (χ2v) is 5.08. The number of nitro benzene ring substituents is 1. The summed E-state index contributed by atoms with van der Waals surface area (Å²) in [5.41, 5.74) is 1.72. The summed E-state index contributed by atoms with van der Waals surface area (Å²) >= 11 is 3.21. The number of hydrogen-bond donors (Lipinski definition) is 1. The van der Waals surface area contributed by atoms with Crippen molar-refractivity contribution in [2.75, 3.05) is 0 Å². The van der Waals surface area contributed by atoms with Crippen LogP contribution in [0.5, 0.6) is 5.75 Å². The zero-order valence-corrected chi connectivity index (χ0v) is 12.0. The molecule has 2 rings (SSSR count). The minimum absolute atomic E-state index is 0.00103. The molecule has 0 saturated heterocycles. The third kappa shape index (κ3) is 3.79. The van der Waals surface area contributed by atoms with Crippen LogP contribution in [0, 0.1) is 10.1 Å². The molecule has 6 heteroatoms. The molecule has 0 radical (unpaired) electrons. The largest absolute Gasteiger partial charge is 0.489 e.